The van der Waals surface area contributed by atoms with E-state index in [-0.39, 0.29) is 6.10 Å². The number of methoxy groups -OCH3 is 1. The third-order valence-corrected chi connectivity index (χ3v) is 4.81. The van der Waals surface area contributed by atoms with Gasteiger partial charge in [-0.3, -0.25) is 4.90 Å². The highest BCUT2D eigenvalue weighted by atomic mass is 16.5. The van der Waals surface area contributed by atoms with E-state index >= 15 is 0 Å². The van der Waals surface area contributed by atoms with Gasteiger partial charge < -0.3 is 9.84 Å². The molecule has 1 unspecified atom stereocenters. The van der Waals surface area contributed by atoms with Crippen molar-refractivity contribution < 1.29 is 9.84 Å². The minimum absolute atomic E-state index is 0.343. The van der Waals surface area contributed by atoms with Crippen molar-refractivity contribution in [2.75, 3.05) is 20.2 Å². The van der Waals surface area contributed by atoms with Crippen molar-refractivity contribution in [3.63, 3.8) is 0 Å². The Bertz CT molecular complexity index is 606. The number of para-hydroxylation sites is 1. The quantitative estimate of drug-likeness (QED) is 0.915. The Balaban J connectivity index is 1.56. The summed E-state index contributed by atoms with van der Waals surface area (Å²) < 4.78 is 5.44. The molecule has 0 aliphatic carbocycles. The zero-order valence-electron chi connectivity index (χ0n) is 13.7. The van der Waals surface area contributed by atoms with Gasteiger partial charge >= 0.3 is 0 Å². The predicted molar refractivity (Wildman–Crippen MR) is 92.4 cm³/mol. The van der Waals surface area contributed by atoms with Gasteiger partial charge in [-0.05, 0) is 43.5 Å². The summed E-state index contributed by atoms with van der Waals surface area (Å²) in [6, 6.07) is 18.2. The van der Waals surface area contributed by atoms with Gasteiger partial charge in [0.2, 0.25) is 0 Å². The Morgan fingerprint density at radius 2 is 1.70 bits per heavy atom. The van der Waals surface area contributed by atoms with Gasteiger partial charge in [0, 0.05) is 12.1 Å². The van der Waals surface area contributed by atoms with Crippen LogP contribution in [0, 0.1) is 5.92 Å². The van der Waals surface area contributed by atoms with Crippen LogP contribution in [0.5, 0.6) is 5.75 Å². The molecule has 0 saturated carbocycles. The highest BCUT2D eigenvalue weighted by Crippen LogP contribution is 2.31. The van der Waals surface area contributed by atoms with Gasteiger partial charge in [0.1, 0.15) is 5.75 Å². The SMILES string of the molecule is COc1ccccc1CN1CCC(C(O)c2ccccc2)CC1. The Kier molecular flexibility index (Phi) is 5.31. The Morgan fingerprint density at radius 1 is 1.04 bits per heavy atom. The van der Waals surface area contributed by atoms with Crippen LogP contribution in [-0.4, -0.2) is 30.2 Å². The average molecular weight is 311 g/mol. The van der Waals surface area contributed by atoms with E-state index < -0.39 is 0 Å². The minimum atomic E-state index is -0.343. The normalized spacial score (nSPS) is 17.8. The van der Waals surface area contributed by atoms with Gasteiger partial charge in [0.05, 0.1) is 13.2 Å². The molecule has 122 valence electrons. The van der Waals surface area contributed by atoms with Crippen molar-refractivity contribution in [1.29, 1.82) is 0 Å². The second kappa shape index (κ2) is 7.62. The summed E-state index contributed by atoms with van der Waals surface area (Å²) in [4.78, 5) is 2.45. The van der Waals surface area contributed by atoms with Crippen LogP contribution in [0.3, 0.4) is 0 Å². The van der Waals surface area contributed by atoms with Crippen molar-refractivity contribution in [2.45, 2.75) is 25.5 Å². The van der Waals surface area contributed by atoms with E-state index in [9.17, 15) is 5.11 Å². The molecule has 3 rings (SSSR count). The molecule has 0 radical (unpaired) electrons. The van der Waals surface area contributed by atoms with E-state index in [2.05, 4.69) is 17.0 Å². The molecular weight excluding hydrogens is 286 g/mol. The topological polar surface area (TPSA) is 32.7 Å². The van der Waals surface area contributed by atoms with Gasteiger partial charge in [0.25, 0.3) is 0 Å². The van der Waals surface area contributed by atoms with E-state index in [1.54, 1.807) is 7.11 Å². The lowest BCUT2D eigenvalue weighted by molar-refractivity contribution is 0.0565. The molecule has 1 atom stereocenters. The number of aliphatic hydroxyl groups is 1. The average Bonchev–Trinajstić information content (AvgIpc) is 2.63. The summed E-state index contributed by atoms with van der Waals surface area (Å²) in [6.45, 7) is 2.96. The zero-order valence-corrected chi connectivity index (χ0v) is 13.7. The molecule has 1 saturated heterocycles. The summed E-state index contributed by atoms with van der Waals surface area (Å²) in [6.07, 6.45) is 1.72. The highest BCUT2D eigenvalue weighted by Gasteiger charge is 2.26. The molecule has 1 heterocycles. The number of hydrogen-bond acceptors (Lipinski definition) is 3. The van der Waals surface area contributed by atoms with Crippen LogP contribution >= 0.6 is 0 Å². The van der Waals surface area contributed by atoms with E-state index in [0.29, 0.717) is 5.92 Å². The minimum Gasteiger partial charge on any atom is -0.496 e. The first-order valence-electron chi connectivity index (χ1n) is 8.35. The van der Waals surface area contributed by atoms with Crippen molar-refractivity contribution in [1.82, 2.24) is 4.90 Å². The lowest BCUT2D eigenvalue weighted by Crippen LogP contribution is -2.35. The summed E-state index contributed by atoms with van der Waals surface area (Å²) in [5, 5.41) is 10.6. The number of likely N-dealkylation sites (tertiary alicyclic amines) is 1. The fraction of sp³-hybridized carbons (Fsp3) is 0.400. The zero-order chi connectivity index (χ0) is 16.1. The highest BCUT2D eigenvalue weighted by molar-refractivity contribution is 5.33. The standard InChI is InChI=1S/C20H25NO2/c1-23-19-10-6-5-9-18(19)15-21-13-11-17(12-14-21)20(22)16-7-3-2-4-8-16/h2-10,17,20,22H,11-15H2,1H3. The Morgan fingerprint density at radius 3 is 2.39 bits per heavy atom. The molecule has 0 spiro atoms. The van der Waals surface area contributed by atoms with Gasteiger partial charge in [-0.15, -0.1) is 0 Å². The second-order valence-electron chi connectivity index (χ2n) is 6.28. The number of nitrogens with zero attached hydrogens (tertiary/aromatic N) is 1. The molecule has 3 heteroatoms. The monoisotopic (exact) mass is 311 g/mol. The van der Waals surface area contributed by atoms with Gasteiger partial charge in [-0.25, -0.2) is 0 Å². The second-order valence-corrected chi connectivity index (χ2v) is 6.28. The van der Waals surface area contributed by atoms with Crippen molar-refractivity contribution in [3.05, 3.63) is 65.7 Å². The molecule has 2 aromatic rings. The number of benzene rings is 2. The number of ether oxygens (including phenoxy) is 1. The van der Waals surface area contributed by atoms with Gasteiger partial charge in [-0.1, -0.05) is 48.5 Å². The maximum atomic E-state index is 10.6. The number of rotatable bonds is 5. The third-order valence-electron chi connectivity index (χ3n) is 4.81. The molecule has 3 nitrogen and oxygen atoms in total. The van der Waals surface area contributed by atoms with E-state index in [1.807, 2.05) is 42.5 Å². The molecule has 1 fully saturated rings. The molecular formula is C20H25NO2. The van der Waals surface area contributed by atoms with Crippen molar-refractivity contribution in [3.8, 4) is 5.75 Å². The van der Waals surface area contributed by atoms with Crippen molar-refractivity contribution in [2.24, 2.45) is 5.92 Å². The number of hydrogen-bond donors (Lipinski definition) is 1. The van der Waals surface area contributed by atoms with Crippen LogP contribution in [0.4, 0.5) is 0 Å². The molecule has 1 aliphatic rings. The van der Waals surface area contributed by atoms with Crippen molar-refractivity contribution >= 4 is 0 Å². The third kappa shape index (κ3) is 3.92. The smallest absolute Gasteiger partial charge is 0.123 e. The lowest BCUT2D eigenvalue weighted by atomic mass is 9.87. The fourth-order valence-electron chi connectivity index (χ4n) is 3.42. The molecule has 0 bridgehead atoms. The largest absolute Gasteiger partial charge is 0.496 e. The van der Waals surface area contributed by atoms with Crippen LogP contribution in [0.2, 0.25) is 0 Å². The molecule has 1 N–H and O–H groups in total. The lowest BCUT2D eigenvalue weighted by Gasteiger charge is -2.34. The molecule has 23 heavy (non-hydrogen) atoms. The van der Waals surface area contributed by atoms with E-state index in [1.165, 1.54) is 5.56 Å². The van der Waals surface area contributed by atoms with Crippen LogP contribution in [0.25, 0.3) is 0 Å². The van der Waals surface area contributed by atoms with Gasteiger partial charge in [-0.2, -0.15) is 0 Å². The first-order valence-corrected chi connectivity index (χ1v) is 8.35. The number of piperidine rings is 1. The van der Waals surface area contributed by atoms with Gasteiger partial charge in [0.15, 0.2) is 0 Å². The van der Waals surface area contributed by atoms with Crippen LogP contribution in [0.15, 0.2) is 54.6 Å². The van der Waals surface area contributed by atoms with Crippen LogP contribution < -0.4 is 4.74 Å². The summed E-state index contributed by atoms with van der Waals surface area (Å²) in [5.41, 5.74) is 2.27. The first kappa shape index (κ1) is 16.0. The fourth-order valence-corrected chi connectivity index (χ4v) is 3.42. The van der Waals surface area contributed by atoms with Crippen LogP contribution in [0.1, 0.15) is 30.1 Å². The van der Waals surface area contributed by atoms with E-state index in [4.69, 9.17) is 4.74 Å². The summed E-state index contributed by atoms with van der Waals surface area (Å²) in [7, 11) is 1.72. The molecule has 2 aromatic carbocycles. The summed E-state index contributed by atoms with van der Waals surface area (Å²) >= 11 is 0. The predicted octanol–water partition coefficient (Wildman–Crippen LogP) is 3.64. The first-order chi connectivity index (χ1) is 11.3. The molecule has 0 amide bonds. The van der Waals surface area contributed by atoms with E-state index in [0.717, 1.165) is 43.8 Å². The molecule has 0 aromatic heterocycles. The van der Waals surface area contributed by atoms with Crippen LogP contribution in [-0.2, 0) is 6.54 Å². The Hall–Kier alpha value is -1.84. The Labute approximate surface area is 138 Å². The summed E-state index contributed by atoms with van der Waals surface area (Å²) in [5.74, 6) is 1.31. The number of aliphatic hydroxyl groups excluding tert-OH is 1. The molecule has 1 aliphatic heterocycles. The maximum absolute atomic E-state index is 10.6. The maximum Gasteiger partial charge on any atom is 0.123 e.